The molecule has 0 aliphatic carbocycles. The number of aromatic nitrogens is 2. The Morgan fingerprint density at radius 1 is 1.03 bits per heavy atom. The van der Waals surface area contributed by atoms with Gasteiger partial charge in [-0.1, -0.05) is 19.1 Å². The quantitative estimate of drug-likeness (QED) is 0.644. The molecular formula is C23H21N5O4. The molecule has 0 spiro atoms. The monoisotopic (exact) mass is 431 g/mol. The largest absolute Gasteiger partial charge is 0.323 e. The zero-order chi connectivity index (χ0) is 22.7. The molecule has 0 fully saturated rings. The maximum absolute atomic E-state index is 13.0. The van der Waals surface area contributed by atoms with Crippen LogP contribution in [0.2, 0.25) is 0 Å². The molecule has 3 amide bonds. The zero-order valence-corrected chi connectivity index (χ0v) is 17.4. The van der Waals surface area contributed by atoms with E-state index in [0.717, 1.165) is 6.42 Å². The fourth-order valence-corrected chi connectivity index (χ4v) is 3.40. The van der Waals surface area contributed by atoms with Crippen molar-refractivity contribution in [2.75, 3.05) is 22.1 Å². The van der Waals surface area contributed by atoms with Gasteiger partial charge < -0.3 is 10.6 Å². The topological polar surface area (TPSA) is 113 Å². The molecule has 0 atom stereocenters. The van der Waals surface area contributed by atoms with E-state index < -0.39 is 5.91 Å². The number of amides is 3. The van der Waals surface area contributed by atoms with E-state index >= 15 is 0 Å². The molecule has 162 valence electrons. The first kappa shape index (κ1) is 21.0. The van der Waals surface area contributed by atoms with Gasteiger partial charge in [0.15, 0.2) is 0 Å². The van der Waals surface area contributed by atoms with Crippen LogP contribution in [0.25, 0.3) is 0 Å². The van der Waals surface area contributed by atoms with E-state index in [0.29, 0.717) is 29.2 Å². The highest BCUT2D eigenvalue weighted by Gasteiger charge is 2.27. The van der Waals surface area contributed by atoms with Gasteiger partial charge in [-0.2, -0.15) is 5.10 Å². The second-order valence-corrected chi connectivity index (χ2v) is 7.27. The third-order valence-electron chi connectivity index (χ3n) is 4.94. The maximum Gasteiger partial charge on any atom is 0.276 e. The van der Waals surface area contributed by atoms with Crippen molar-refractivity contribution in [3.63, 3.8) is 0 Å². The van der Waals surface area contributed by atoms with Crippen LogP contribution in [0.15, 0.2) is 65.5 Å². The molecule has 0 bridgehead atoms. The highest BCUT2D eigenvalue weighted by Crippen LogP contribution is 2.30. The summed E-state index contributed by atoms with van der Waals surface area (Å²) in [5, 5.41) is 9.55. The van der Waals surface area contributed by atoms with Gasteiger partial charge in [0.05, 0.1) is 11.4 Å². The van der Waals surface area contributed by atoms with Crippen molar-refractivity contribution in [2.45, 2.75) is 19.9 Å². The highest BCUT2D eigenvalue weighted by molar-refractivity contribution is 6.15. The number of fused-ring (bicyclic) bond motifs is 1. The van der Waals surface area contributed by atoms with Gasteiger partial charge in [0, 0.05) is 23.9 Å². The molecule has 1 aromatic heterocycles. The molecule has 0 saturated heterocycles. The molecule has 32 heavy (non-hydrogen) atoms. The Kier molecular flexibility index (Phi) is 5.80. The second-order valence-electron chi connectivity index (χ2n) is 7.27. The summed E-state index contributed by atoms with van der Waals surface area (Å²) >= 11 is 0. The summed E-state index contributed by atoms with van der Waals surface area (Å²) in [5.41, 5.74) is 1.91. The lowest BCUT2D eigenvalue weighted by atomic mass is 10.1. The predicted octanol–water partition coefficient (Wildman–Crippen LogP) is 2.50. The molecule has 0 saturated carbocycles. The molecule has 0 radical (unpaired) electrons. The van der Waals surface area contributed by atoms with E-state index in [2.05, 4.69) is 15.7 Å². The number of anilines is 3. The Bertz CT molecular complexity index is 1250. The van der Waals surface area contributed by atoms with Crippen molar-refractivity contribution in [2.24, 2.45) is 0 Å². The summed E-state index contributed by atoms with van der Waals surface area (Å²) < 4.78 is 1.25. The molecule has 1 aliphatic rings. The number of benzene rings is 2. The summed E-state index contributed by atoms with van der Waals surface area (Å²) in [5.74, 6) is -1.05. The Balaban J connectivity index is 1.50. The van der Waals surface area contributed by atoms with E-state index in [4.69, 9.17) is 0 Å². The number of carbonyl (C=O) groups is 3. The summed E-state index contributed by atoms with van der Waals surface area (Å²) in [7, 11) is 0. The number of rotatable bonds is 5. The Morgan fingerprint density at radius 3 is 2.53 bits per heavy atom. The molecule has 2 heterocycles. The Hall–Kier alpha value is -4.27. The molecule has 3 aromatic rings. The van der Waals surface area contributed by atoms with Gasteiger partial charge in [-0.25, -0.2) is 4.68 Å². The van der Waals surface area contributed by atoms with Gasteiger partial charge >= 0.3 is 0 Å². The Labute approximate surface area is 183 Å². The molecule has 9 heteroatoms. The smallest absolute Gasteiger partial charge is 0.276 e. The normalized spacial score (nSPS) is 12.7. The van der Waals surface area contributed by atoms with Crippen LogP contribution in [0, 0.1) is 0 Å². The van der Waals surface area contributed by atoms with E-state index in [1.165, 1.54) is 21.7 Å². The van der Waals surface area contributed by atoms with Crippen LogP contribution in [-0.2, 0) is 11.3 Å². The van der Waals surface area contributed by atoms with Gasteiger partial charge in [0.1, 0.15) is 12.2 Å². The molecule has 2 N–H and O–H groups in total. The lowest BCUT2D eigenvalue weighted by Gasteiger charge is -2.29. The number of para-hydroxylation sites is 2. The van der Waals surface area contributed by atoms with Crippen molar-refractivity contribution in [1.82, 2.24) is 9.78 Å². The molecule has 0 unspecified atom stereocenters. The molecule has 4 rings (SSSR count). The minimum absolute atomic E-state index is 0.0759. The van der Waals surface area contributed by atoms with Gasteiger partial charge in [-0.05, 0) is 48.9 Å². The number of aryl methyl sites for hydroxylation is 1. The lowest BCUT2D eigenvalue weighted by molar-refractivity contribution is -0.115. The summed E-state index contributed by atoms with van der Waals surface area (Å²) in [6.07, 6.45) is 0.719. The minimum atomic E-state index is -0.462. The number of hydrogen-bond donors (Lipinski definition) is 2. The first-order valence-electron chi connectivity index (χ1n) is 10.2. The number of nitrogens with zero attached hydrogens (tertiary/aromatic N) is 3. The van der Waals surface area contributed by atoms with Crippen molar-refractivity contribution in [1.29, 1.82) is 0 Å². The first-order chi connectivity index (χ1) is 15.5. The van der Waals surface area contributed by atoms with Gasteiger partial charge in [0.2, 0.25) is 5.91 Å². The van der Waals surface area contributed by atoms with Gasteiger partial charge in [-0.15, -0.1) is 0 Å². The van der Waals surface area contributed by atoms with E-state index in [9.17, 15) is 19.2 Å². The number of nitrogens with one attached hydrogen (secondary N) is 2. The second kappa shape index (κ2) is 8.84. The van der Waals surface area contributed by atoms with Crippen LogP contribution in [0.5, 0.6) is 0 Å². The van der Waals surface area contributed by atoms with Gasteiger partial charge in [0.25, 0.3) is 17.4 Å². The number of hydrogen-bond acceptors (Lipinski definition) is 5. The van der Waals surface area contributed by atoms with E-state index in [-0.39, 0.29) is 29.6 Å². The zero-order valence-electron chi connectivity index (χ0n) is 17.4. The van der Waals surface area contributed by atoms with Crippen LogP contribution in [0.3, 0.4) is 0 Å². The fraction of sp³-hybridized carbons (Fsp3) is 0.174. The molecule has 9 nitrogen and oxygen atoms in total. The van der Waals surface area contributed by atoms with Crippen LogP contribution < -0.4 is 21.1 Å². The third kappa shape index (κ3) is 4.27. The van der Waals surface area contributed by atoms with E-state index in [1.54, 1.807) is 48.5 Å². The van der Waals surface area contributed by atoms with Crippen LogP contribution >= 0.6 is 0 Å². The predicted molar refractivity (Wildman–Crippen MR) is 120 cm³/mol. The maximum atomic E-state index is 13.0. The van der Waals surface area contributed by atoms with E-state index in [1.807, 2.05) is 6.92 Å². The summed E-state index contributed by atoms with van der Waals surface area (Å²) in [6, 6.07) is 16.1. The minimum Gasteiger partial charge on any atom is -0.323 e. The highest BCUT2D eigenvalue weighted by atomic mass is 16.2. The van der Waals surface area contributed by atoms with Crippen LogP contribution in [-0.4, -0.2) is 34.0 Å². The lowest BCUT2D eigenvalue weighted by Crippen LogP contribution is -2.42. The van der Waals surface area contributed by atoms with Crippen molar-refractivity contribution >= 4 is 34.8 Å². The average Bonchev–Trinajstić information content (AvgIpc) is 2.80. The molecule has 1 aliphatic heterocycles. The van der Waals surface area contributed by atoms with Gasteiger partial charge in [-0.3, -0.25) is 24.1 Å². The Morgan fingerprint density at radius 2 is 1.78 bits per heavy atom. The summed E-state index contributed by atoms with van der Waals surface area (Å²) in [4.78, 5) is 50.7. The fourth-order valence-electron chi connectivity index (χ4n) is 3.40. The first-order valence-corrected chi connectivity index (χ1v) is 10.2. The third-order valence-corrected chi connectivity index (χ3v) is 4.94. The van der Waals surface area contributed by atoms with Crippen LogP contribution in [0.1, 0.15) is 34.2 Å². The van der Waals surface area contributed by atoms with Crippen molar-refractivity contribution < 1.29 is 14.4 Å². The molecular weight excluding hydrogens is 410 g/mol. The summed E-state index contributed by atoms with van der Waals surface area (Å²) in [6.45, 7) is 2.26. The SMILES string of the molecule is CCCn1nc(C(=O)Nc2ccc(C(=O)N3CC(=O)Nc4ccccc43)cc2)ccc1=O. The standard InChI is InChI=1S/C23H21N5O4/c1-2-13-28-21(30)12-11-18(26-28)22(31)24-16-9-7-15(8-10-16)23(32)27-14-20(29)25-17-5-3-4-6-19(17)27/h3-12H,2,13-14H2,1H3,(H,24,31)(H,25,29). The van der Waals surface area contributed by atoms with Crippen molar-refractivity contribution in [3.8, 4) is 0 Å². The molecule has 2 aromatic carbocycles. The number of carbonyl (C=O) groups excluding carboxylic acids is 3. The van der Waals surface area contributed by atoms with Crippen molar-refractivity contribution in [3.05, 3.63) is 82.3 Å². The van der Waals surface area contributed by atoms with Crippen LogP contribution in [0.4, 0.5) is 17.1 Å². The average molecular weight is 431 g/mol.